The van der Waals surface area contributed by atoms with Gasteiger partial charge >= 0.3 is 6.03 Å². The van der Waals surface area contributed by atoms with Gasteiger partial charge in [0.2, 0.25) is 0 Å². The fourth-order valence-electron chi connectivity index (χ4n) is 4.45. The molecule has 6 nitrogen and oxygen atoms in total. The highest BCUT2D eigenvalue weighted by Crippen LogP contribution is 2.29. The molecule has 4 aromatic rings. The number of imide groups is 2. The number of halogens is 1. The smallest absolute Gasteiger partial charge is 0.333 e. The van der Waals surface area contributed by atoms with E-state index in [0.29, 0.717) is 11.9 Å². The number of nitrogens with zero attached hydrogens (tertiary/aromatic N) is 3. The number of fused-ring (bicyclic) bond motifs is 2. The predicted molar refractivity (Wildman–Crippen MR) is 137 cm³/mol. The summed E-state index contributed by atoms with van der Waals surface area (Å²) >= 11 is 3.51. The van der Waals surface area contributed by atoms with E-state index in [1.54, 1.807) is 6.08 Å². The lowest BCUT2D eigenvalue weighted by molar-refractivity contribution is -0.134. The summed E-state index contributed by atoms with van der Waals surface area (Å²) in [6, 6.07) is 20.1. The van der Waals surface area contributed by atoms with E-state index in [9.17, 15) is 14.4 Å². The molecule has 0 saturated carbocycles. The number of barbiturate groups is 1. The number of alkyl halides is 1. The van der Waals surface area contributed by atoms with Crippen molar-refractivity contribution in [2.24, 2.45) is 0 Å². The molecule has 1 saturated heterocycles. The van der Waals surface area contributed by atoms with E-state index in [-0.39, 0.29) is 5.57 Å². The molecule has 3 aromatic carbocycles. The maximum absolute atomic E-state index is 12.8. The van der Waals surface area contributed by atoms with Crippen LogP contribution in [0, 0.1) is 0 Å². The van der Waals surface area contributed by atoms with Crippen molar-refractivity contribution in [3.8, 4) is 0 Å². The van der Waals surface area contributed by atoms with Gasteiger partial charge in [-0.15, -0.1) is 0 Å². The fourth-order valence-corrected chi connectivity index (χ4v) is 4.79. The lowest BCUT2D eigenvalue weighted by atomic mass is 10.0. The third-order valence-corrected chi connectivity index (χ3v) is 6.94. The van der Waals surface area contributed by atoms with Crippen LogP contribution in [0.3, 0.4) is 0 Å². The second-order valence-electron chi connectivity index (χ2n) is 8.40. The number of hydrogen-bond acceptors (Lipinski definition) is 3. The lowest BCUT2D eigenvalue weighted by Crippen LogP contribution is -2.52. The van der Waals surface area contributed by atoms with E-state index in [2.05, 4.69) is 69.0 Å². The van der Waals surface area contributed by atoms with Crippen LogP contribution in [0.1, 0.15) is 16.7 Å². The second kappa shape index (κ2) is 8.57. The zero-order valence-electron chi connectivity index (χ0n) is 18.8. The van der Waals surface area contributed by atoms with Crippen molar-refractivity contribution in [3.63, 3.8) is 0 Å². The number of hydrogen-bond donors (Lipinski definition) is 0. The Hall–Kier alpha value is -3.71. The predicted octanol–water partition coefficient (Wildman–Crippen LogP) is 5.17. The van der Waals surface area contributed by atoms with Crippen molar-refractivity contribution in [1.29, 1.82) is 0 Å². The van der Waals surface area contributed by atoms with Crippen molar-refractivity contribution in [3.05, 3.63) is 89.1 Å². The van der Waals surface area contributed by atoms with Crippen molar-refractivity contribution in [2.45, 2.75) is 11.9 Å². The third-order valence-electron chi connectivity index (χ3n) is 6.30. The van der Waals surface area contributed by atoms with Crippen molar-refractivity contribution in [2.75, 3.05) is 14.1 Å². The molecular weight excluding hydrogens is 494 g/mol. The number of aromatic nitrogens is 1. The molecule has 0 spiro atoms. The fraction of sp³-hybridized carbons (Fsp3) is 0.148. The minimum atomic E-state index is -0.632. The molecule has 2 heterocycles. The number of amides is 4. The van der Waals surface area contributed by atoms with Gasteiger partial charge < -0.3 is 4.57 Å². The summed E-state index contributed by atoms with van der Waals surface area (Å²) in [5, 5.41) is 3.98. The molecule has 1 fully saturated rings. The maximum Gasteiger partial charge on any atom is 0.333 e. The van der Waals surface area contributed by atoms with Gasteiger partial charge in [0, 0.05) is 48.6 Å². The van der Waals surface area contributed by atoms with Crippen LogP contribution in [0.4, 0.5) is 4.79 Å². The average molecular weight is 516 g/mol. The van der Waals surface area contributed by atoms with Crippen LogP contribution in [0.5, 0.6) is 0 Å². The van der Waals surface area contributed by atoms with Gasteiger partial charge in [0.25, 0.3) is 11.8 Å². The Bertz CT molecular complexity index is 1490. The Morgan fingerprint density at radius 1 is 0.853 bits per heavy atom. The first-order chi connectivity index (χ1) is 16.4. The van der Waals surface area contributed by atoms with E-state index in [1.165, 1.54) is 30.4 Å². The molecule has 34 heavy (non-hydrogen) atoms. The van der Waals surface area contributed by atoms with E-state index in [1.807, 2.05) is 18.3 Å². The molecule has 7 heteroatoms. The first-order valence-corrected chi connectivity index (χ1v) is 12.0. The molecule has 0 N–H and O–H groups in total. The first kappa shape index (κ1) is 22.1. The minimum absolute atomic E-state index is 0.0296. The van der Waals surface area contributed by atoms with Crippen LogP contribution in [0.2, 0.25) is 0 Å². The number of urea groups is 1. The number of carbonyl (C=O) groups is 3. The zero-order valence-corrected chi connectivity index (χ0v) is 20.4. The molecule has 1 aliphatic rings. The quantitative estimate of drug-likeness (QED) is 0.214. The largest absolute Gasteiger partial charge is 0.342 e. The van der Waals surface area contributed by atoms with Crippen molar-refractivity contribution < 1.29 is 14.4 Å². The summed E-state index contributed by atoms with van der Waals surface area (Å²) in [6.45, 7) is 0.634. The van der Waals surface area contributed by atoms with Crippen LogP contribution >= 0.6 is 15.9 Å². The molecule has 4 amide bonds. The Morgan fingerprint density at radius 3 is 2.29 bits per heavy atom. The Kier molecular flexibility index (Phi) is 5.57. The van der Waals surface area contributed by atoms with Crippen molar-refractivity contribution >= 4 is 61.5 Å². The monoisotopic (exact) mass is 515 g/mol. The number of carbonyl (C=O) groups excluding carboxylic acids is 3. The van der Waals surface area contributed by atoms with Crippen LogP contribution < -0.4 is 0 Å². The number of likely N-dealkylation sites (N-methyl/N-ethyl adjacent to an activating group) is 2. The van der Waals surface area contributed by atoms with E-state index < -0.39 is 17.8 Å². The van der Waals surface area contributed by atoms with Gasteiger partial charge in [-0.2, -0.15) is 0 Å². The molecule has 1 aromatic heterocycles. The SMILES string of the molecule is CN1C(=O)C(=Cc2cn(Cc3cccc4ccccc34)c3ccc(CBr)cc23)C(=O)N(C)C1=O. The normalized spacial score (nSPS) is 14.6. The molecular formula is C27H22BrN3O3. The Balaban J connectivity index is 1.66. The first-order valence-electron chi connectivity index (χ1n) is 10.8. The summed E-state index contributed by atoms with van der Waals surface area (Å²) in [6.07, 6.45) is 3.57. The van der Waals surface area contributed by atoms with Gasteiger partial charge in [0.05, 0.1) is 0 Å². The summed E-state index contributed by atoms with van der Waals surface area (Å²) in [7, 11) is 2.77. The van der Waals surface area contributed by atoms with Gasteiger partial charge in [-0.3, -0.25) is 19.4 Å². The van der Waals surface area contributed by atoms with Crippen molar-refractivity contribution in [1.82, 2.24) is 14.4 Å². The van der Waals surface area contributed by atoms with Gasteiger partial charge in [0.1, 0.15) is 5.57 Å². The summed E-state index contributed by atoms with van der Waals surface area (Å²) in [4.78, 5) is 39.6. The van der Waals surface area contributed by atoms with Crippen LogP contribution in [0.15, 0.2) is 72.4 Å². The van der Waals surface area contributed by atoms with Gasteiger partial charge in [0.15, 0.2) is 0 Å². The summed E-state index contributed by atoms with van der Waals surface area (Å²) in [5.74, 6) is -1.20. The topological polar surface area (TPSA) is 62.6 Å². The average Bonchev–Trinajstić information content (AvgIpc) is 3.20. The van der Waals surface area contributed by atoms with Gasteiger partial charge in [-0.1, -0.05) is 64.5 Å². The molecule has 0 unspecified atom stereocenters. The molecule has 0 atom stereocenters. The highest BCUT2D eigenvalue weighted by atomic mass is 79.9. The van der Waals surface area contributed by atoms with Crippen LogP contribution in [-0.2, 0) is 21.5 Å². The number of rotatable bonds is 4. The lowest BCUT2D eigenvalue weighted by Gasteiger charge is -2.28. The molecule has 0 radical (unpaired) electrons. The highest BCUT2D eigenvalue weighted by molar-refractivity contribution is 9.08. The molecule has 170 valence electrons. The summed E-state index contributed by atoms with van der Waals surface area (Å²) in [5.41, 5.74) is 3.98. The second-order valence-corrected chi connectivity index (χ2v) is 8.97. The van der Waals surface area contributed by atoms with Crippen LogP contribution in [-0.4, -0.2) is 46.3 Å². The molecule has 1 aliphatic heterocycles. The summed E-state index contributed by atoms with van der Waals surface area (Å²) < 4.78 is 2.14. The van der Waals surface area contributed by atoms with Gasteiger partial charge in [-0.25, -0.2) is 4.79 Å². The molecule has 0 bridgehead atoms. The van der Waals surface area contributed by atoms with E-state index in [4.69, 9.17) is 0 Å². The standard InChI is InChI=1S/C27H22BrN3O3/c1-29-25(32)23(26(33)30(2)27(29)34)13-20-16-31(24-11-10-17(14-28)12-22(20)24)15-19-8-5-7-18-6-3-4-9-21(18)19/h3-13,16H,14-15H2,1-2H3. The zero-order chi connectivity index (χ0) is 24.0. The van der Waals surface area contributed by atoms with Gasteiger partial charge in [-0.05, 0) is 40.1 Å². The minimum Gasteiger partial charge on any atom is -0.342 e. The Morgan fingerprint density at radius 2 is 1.56 bits per heavy atom. The van der Waals surface area contributed by atoms with Crippen LogP contribution in [0.25, 0.3) is 27.8 Å². The highest BCUT2D eigenvalue weighted by Gasteiger charge is 2.38. The number of benzene rings is 3. The van der Waals surface area contributed by atoms with E-state index in [0.717, 1.165) is 31.8 Å². The molecule has 5 rings (SSSR count). The molecule has 0 aliphatic carbocycles. The Labute approximate surface area is 205 Å². The third kappa shape index (κ3) is 3.62. The van der Waals surface area contributed by atoms with E-state index >= 15 is 0 Å². The maximum atomic E-state index is 12.8.